The van der Waals surface area contributed by atoms with Crippen molar-refractivity contribution < 1.29 is 8.42 Å². The van der Waals surface area contributed by atoms with Crippen molar-refractivity contribution in [2.75, 3.05) is 5.73 Å². The minimum absolute atomic E-state index is 0.0939. The van der Waals surface area contributed by atoms with Gasteiger partial charge in [0.1, 0.15) is 11.1 Å². The number of aromatic nitrogens is 5. The molecule has 2 aromatic carbocycles. The lowest BCUT2D eigenvalue weighted by atomic mass is 10.2. The van der Waals surface area contributed by atoms with Gasteiger partial charge >= 0.3 is 0 Å². The van der Waals surface area contributed by atoms with E-state index in [1.165, 1.54) is 39.8 Å². The SMILES string of the molecule is Nc1ccc(-c2nc3c(cnn3-c3cccc(S(N)(=O)=O)c3)c(=O)n2-c2ccc(Cl)cc2)nc1. The summed E-state index contributed by atoms with van der Waals surface area (Å²) >= 11 is 6.03. The zero-order valence-corrected chi connectivity index (χ0v) is 18.9. The number of nitrogens with zero attached hydrogens (tertiary/aromatic N) is 5. The quantitative estimate of drug-likeness (QED) is 0.390. The number of nitrogen functional groups attached to an aromatic ring is 1. The average Bonchev–Trinajstić information content (AvgIpc) is 3.24. The summed E-state index contributed by atoms with van der Waals surface area (Å²) in [6.07, 6.45) is 2.84. The van der Waals surface area contributed by atoms with Crippen LogP contribution in [0.15, 0.2) is 82.7 Å². The molecular formula is C22H16ClN7O3S. The zero-order chi connectivity index (χ0) is 24.0. The fourth-order valence-electron chi connectivity index (χ4n) is 3.49. The number of primary sulfonamides is 1. The lowest BCUT2D eigenvalue weighted by Gasteiger charge is -2.13. The highest BCUT2D eigenvalue weighted by atomic mass is 35.5. The number of hydrogen-bond donors (Lipinski definition) is 2. The van der Waals surface area contributed by atoms with Crippen LogP contribution in [-0.2, 0) is 10.0 Å². The first-order valence-corrected chi connectivity index (χ1v) is 11.8. The van der Waals surface area contributed by atoms with Crippen LogP contribution in [0.25, 0.3) is 33.9 Å². The molecule has 0 amide bonds. The molecule has 0 spiro atoms. The Kier molecular flexibility index (Phi) is 5.16. The minimum atomic E-state index is -3.94. The van der Waals surface area contributed by atoms with E-state index < -0.39 is 15.6 Å². The molecule has 5 rings (SSSR count). The topological polar surface area (TPSA) is 152 Å². The first-order chi connectivity index (χ1) is 16.2. The fourth-order valence-corrected chi connectivity index (χ4v) is 4.17. The maximum Gasteiger partial charge on any atom is 0.269 e. The molecule has 3 heterocycles. The number of benzene rings is 2. The van der Waals surface area contributed by atoms with Gasteiger partial charge in [-0.1, -0.05) is 17.7 Å². The summed E-state index contributed by atoms with van der Waals surface area (Å²) in [6.45, 7) is 0. The Bertz CT molecular complexity index is 1710. The first-order valence-electron chi connectivity index (χ1n) is 9.84. The van der Waals surface area contributed by atoms with Crippen LogP contribution in [0.2, 0.25) is 5.02 Å². The van der Waals surface area contributed by atoms with Crippen molar-refractivity contribution in [3.63, 3.8) is 0 Å². The highest BCUT2D eigenvalue weighted by molar-refractivity contribution is 7.89. The molecule has 0 radical (unpaired) electrons. The lowest BCUT2D eigenvalue weighted by Crippen LogP contribution is -2.22. The Morgan fingerprint density at radius 2 is 1.71 bits per heavy atom. The van der Waals surface area contributed by atoms with Crippen LogP contribution in [-0.4, -0.2) is 32.7 Å². The van der Waals surface area contributed by atoms with E-state index in [-0.39, 0.29) is 21.8 Å². The molecule has 170 valence electrons. The number of rotatable bonds is 4. The van der Waals surface area contributed by atoms with Gasteiger partial charge in [-0.05, 0) is 54.6 Å². The van der Waals surface area contributed by atoms with Gasteiger partial charge in [0.15, 0.2) is 11.5 Å². The number of pyridine rings is 1. The highest BCUT2D eigenvalue weighted by Crippen LogP contribution is 2.24. The Labute approximate surface area is 198 Å². The monoisotopic (exact) mass is 493 g/mol. The van der Waals surface area contributed by atoms with Crippen molar-refractivity contribution in [2.45, 2.75) is 4.90 Å². The molecule has 10 nitrogen and oxygen atoms in total. The Balaban J connectivity index is 1.82. The summed E-state index contributed by atoms with van der Waals surface area (Å²) in [4.78, 5) is 22.6. The van der Waals surface area contributed by atoms with E-state index in [4.69, 9.17) is 27.5 Å². The summed E-state index contributed by atoms with van der Waals surface area (Å²) in [5, 5.41) is 10.3. The second-order valence-corrected chi connectivity index (χ2v) is 9.36. The zero-order valence-electron chi connectivity index (χ0n) is 17.3. The van der Waals surface area contributed by atoms with Gasteiger partial charge in [-0.2, -0.15) is 5.10 Å². The fraction of sp³-hybridized carbons (Fsp3) is 0. The van der Waals surface area contributed by atoms with Gasteiger partial charge in [-0.3, -0.25) is 14.3 Å². The first kappa shape index (κ1) is 21.8. The van der Waals surface area contributed by atoms with Crippen molar-refractivity contribution in [2.24, 2.45) is 5.14 Å². The van der Waals surface area contributed by atoms with E-state index in [0.717, 1.165) is 0 Å². The van der Waals surface area contributed by atoms with Gasteiger partial charge in [-0.15, -0.1) is 0 Å². The van der Waals surface area contributed by atoms with E-state index >= 15 is 0 Å². The average molecular weight is 494 g/mol. The van der Waals surface area contributed by atoms with Crippen molar-refractivity contribution in [3.05, 3.63) is 88.4 Å². The summed E-state index contributed by atoms with van der Waals surface area (Å²) in [5.41, 5.74) is 7.36. The molecule has 5 aromatic rings. The standard InChI is InChI=1S/C22H16ClN7O3S/c23-13-4-7-15(8-5-13)29-21(19-9-6-14(24)11-26-19)28-20-18(22(29)31)12-27-30(20)16-2-1-3-17(10-16)34(25,32)33/h1-12H,24H2,(H2,25,32,33). The number of halogens is 1. The number of sulfonamides is 1. The Morgan fingerprint density at radius 1 is 0.941 bits per heavy atom. The van der Waals surface area contributed by atoms with Crippen molar-refractivity contribution in [3.8, 4) is 22.9 Å². The van der Waals surface area contributed by atoms with Gasteiger partial charge in [-0.25, -0.2) is 23.2 Å². The van der Waals surface area contributed by atoms with Gasteiger partial charge in [0, 0.05) is 5.02 Å². The van der Waals surface area contributed by atoms with Crippen molar-refractivity contribution >= 4 is 38.3 Å². The van der Waals surface area contributed by atoms with Crippen LogP contribution in [0.1, 0.15) is 0 Å². The molecular weight excluding hydrogens is 478 g/mol. The molecule has 0 atom stereocenters. The molecule has 12 heteroatoms. The smallest absolute Gasteiger partial charge is 0.269 e. The van der Waals surface area contributed by atoms with Gasteiger partial charge in [0.05, 0.1) is 34.4 Å². The molecule has 0 aliphatic carbocycles. The van der Waals surface area contributed by atoms with Crippen molar-refractivity contribution in [1.82, 2.24) is 24.3 Å². The molecule has 0 aliphatic rings. The largest absolute Gasteiger partial charge is 0.397 e. The molecule has 0 saturated heterocycles. The second-order valence-electron chi connectivity index (χ2n) is 7.37. The third-order valence-corrected chi connectivity index (χ3v) is 6.25. The van der Waals surface area contributed by atoms with Crippen LogP contribution in [0, 0.1) is 0 Å². The molecule has 0 unspecified atom stereocenters. The van der Waals surface area contributed by atoms with E-state index in [9.17, 15) is 13.2 Å². The second kappa shape index (κ2) is 8.06. The van der Waals surface area contributed by atoms with Crippen LogP contribution in [0.5, 0.6) is 0 Å². The van der Waals surface area contributed by atoms with Gasteiger partial charge in [0.25, 0.3) is 5.56 Å². The molecule has 0 saturated carbocycles. The third kappa shape index (κ3) is 3.81. The van der Waals surface area contributed by atoms with E-state index in [1.807, 2.05) is 0 Å². The summed E-state index contributed by atoms with van der Waals surface area (Å²) < 4.78 is 26.4. The molecule has 0 aliphatic heterocycles. The van der Waals surface area contributed by atoms with Crippen LogP contribution in [0.4, 0.5) is 5.69 Å². The Morgan fingerprint density at radius 3 is 2.38 bits per heavy atom. The summed E-state index contributed by atoms with van der Waals surface area (Å²) in [6, 6.07) is 15.9. The lowest BCUT2D eigenvalue weighted by molar-refractivity contribution is 0.597. The molecule has 4 N–H and O–H groups in total. The number of nitrogens with two attached hydrogens (primary N) is 2. The van der Waals surface area contributed by atoms with Crippen molar-refractivity contribution in [1.29, 1.82) is 0 Å². The molecule has 3 aromatic heterocycles. The minimum Gasteiger partial charge on any atom is -0.397 e. The number of hydrogen-bond acceptors (Lipinski definition) is 7. The summed E-state index contributed by atoms with van der Waals surface area (Å²) in [7, 11) is -3.94. The summed E-state index contributed by atoms with van der Waals surface area (Å²) in [5.74, 6) is 0.240. The highest BCUT2D eigenvalue weighted by Gasteiger charge is 2.20. The van der Waals surface area contributed by atoms with Crippen LogP contribution in [0.3, 0.4) is 0 Å². The predicted octanol–water partition coefficient (Wildman–Crippen LogP) is 2.52. The maximum atomic E-state index is 13.6. The number of fused-ring (bicyclic) bond motifs is 1. The third-order valence-electron chi connectivity index (χ3n) is 5.09. The predicted molar refractivity (Wildman–Crippen MR) is 128 cm³/mol. The van der Waals surface area contributed by atoms with Crippen LogP contribution < -0.4 is 16.4 Å². The molecule has 0 fully saturated rings. The van der Waals surface area contributed by atoms with Gasteiger partial charge < -0.3 is 5.73 Å². The normalized spacial score (nSPS) is 11.7. The van der Waals surface area contributed by atoms with E-state index in [0.29, 0.717) is 27.8 Å². The Hall–Kier alpha value is -4.06. The molecule has 0 bridgehead atoms. The van der Waals surface area contributed by atoms with E-state index in [2.05, 4.69) is 10.1 Å². The van der Waals surface area contributed by atoms with Gasteiger partial charge in [0.2, 0.25) is 10.0 Å². The van der Waals surface area contributed by atoms with Crippen LogP contribution >= 0.6 is 11.6 Å². The molecule has 34 heavy (non-hydrogen) atoms. The maximum absolute atomic E-state index is 13.6. The number of anilines is 1. The van der Waals surface area contributed by atoms with E-state index in [1.54, 1.807) is 42.5 Å².